The lowest BCUT2D eigenvalue weighted by molar-refractivity contribution is 0.378. The minimum Gasteiger partial charge on any atom is -0.508 e. The highest BCUT2D eigenvalue weighted by Gasteiger charge is 2.35. The Balaban J connectivity index is 1.97. The molecule has 4 rings (SSSR count). The van der Waals surface area contributed by atoms with E-state index >= 15 is 0 Å². The number of aromatic nitrogens is 2. The third kappa shape index (κ3) is 2.39. The third-order valence-corrected chi connectivity index (χ3v) is 4.20. The van der Waals surface area contributed by atoms with Crippen molar-refractivity contribution in [2.24, 2.45) is 5.73 Å². The second kappa shape index (κ2) is 5.73. The van der Waals surface area contributed by atoms with Gasteiger partial charge in [-0.05, 0) is 23.3 Å². The second-order valence-electron chi connectivity index (χ2n) is 5.70. The molecule has 1 aromatic heterocycles. The van der Waals surface area contributed by atoms with Gasteiger partial charge in [0.05, 0.1) is 17.2 Å². The molecule has 122 valence electrons. The smallest absolute Gasteiger partial charge is 0.244 e. The zero-order chi connectivity index (χ0) is 17.4. The van der Waals surface area contributed by atoms with Gasteiger partial charge in [0.2, 0.25) is 11.8 Å². The van der Waals surface area contributed by atoms with Crippen molar-refractivity contribution in [3.8, 4) is 29.0 Å². The highest BCUT2D eigenvalue weighted by Crippen LogP contribution is 2.45. The molecule has 1 aliphatic heterocycles. The van der Waals surface area contributed by atoms with Gasteiger partial charge < -0.3 is 15.6 Å². The van der Waals surface area contributed by atoms with E-state index in [9.17, 15) is 10.4 Å². The second-order valence-corrected chi connectivity index (χ2v) is 5.70. The van der Waals surface area contributed by atoms with Gasteiger partial charge in [0.25, 0.3) is 0 Å². The van der Waals surface area contributed by atoms with Gasteiger partial charge in [-0.15, -0.1) is 5.10 Å². The number of H-pyrrole nitrogens is 1. The minimum atomic E-state index is -0.477. The molecule has 0 radical (unpaired) electrons. The van der Waals surface area contributed by atoms with E-state index in [4.69, 9.17) is 10.5 Å². The molecule has 2 heterocycles. The first-order valence-corrected chi connectivity index (χ1v) is 7.69. The molecule has 0 fully saturated rings. The van der Waals surface area contributed by atoms with Crippen molar-refractivity contribution in [1.29, 1.82) is 5.26 Å². The number of phenols is 1. The Bertz CT molecular complexity index is 1020. The van der Waals surface area contributed by atoms with Crippen LogP contribution in [0.25, 0.3) is 11.3 Å². The summed E-state index contributed by atoms with van der Waals surface area (Å²) >= 11 is 0. The van der Waals surface area contributed by atoms with Gasteiger partial charge in [0.15, 0.2) is 0 Å². The molecule has 2 aromatic carbocycles. The highest BCUT2D eigenvalue weighted by molar-refractivity contribution is 5.70. The molecular formula is C19H14N4O2. The largest absolute Gasteiger partial charge is 0.508 e. The zero-order valence-corrected chi connectivity index (χ0v) is 13.1. The van der Waals surface area contributed by atoms with Gasteiger partial charge in [-0.25, -0.2) is 0 Å². The van der Waals surface area contributed by atoms with E-state index in [2.05, 4.69) is 16.3 Å². The number of nitrogens with zero attached hydrogens (tertiary/aromatic N) is 2. The van der Waals surface area contributed by atoms with Crippen molar-refractivity contribution < 1.29 is 9.84 Å². The van der Waals surface area contributed by atoms with Crippen molar-refractivity contribution in [2.45, 2.75) is 5.92 Å². The van der Waals surface area contributed by atoms with Crippen LogP contribution in [0, 0.1) is 11.3 Å². The Kier molecular flexibility index (Phi) is 3.40. The van der Waals surface area contributed by atoms with E-state index in [0.717, 1.165) is 22.4 Å². The average molecular weight is 330 g/mol. The van der Waals surface area contributed by atoms with Crippen LogP contribution in [0.5, 0.6) is 11.6 Å². The van der Waals surface area contributed by atoms with Crippen LogP contribution < -0.4 is 10.5 Å². The summed E-state index contributed by atoms with van der Waals surface area (Å²) in [6.45, 7) is 0. The maximum absolute atomic E-state index is 9.87. The molecule has 0 bridgehead atoms. The summed E-state index contributed by atoms with van der Waals surface area (Å²) in [6.07, 6.45) is 0. The molecule has 0 spiro atoms. The number of nitriles is 1. The first-order chi connectivity index (χ1) is 12.2. The van der Waals surface area contributed by atoms with Gasteiger partial charge >= 0.3 is 0 Å². The Morgan fingerprint density at radius 1 is 1.16 bits per heavy atom. The topological polar surface area (TPSA) is 108 Å². The van der Waals surface area contributed by atoms with Crippen molar-refractivity contribution >= 4 is 0 Å². The predicted molar refractivity (Wildman–Crippen MR) is 91.4 cm³/mol. The molecule has 6 heteroatoms. The molecule has 1 unspecified atom stereocenters. The quantitative estimate of drug-likeness (QED) is 0.669. The number of ether oxygens (including phenoxy) is 1. The van der Waals surface area contributed by atoms with E-state index < -0.39 is 5.92 Å². The first-order valence-electron chi connectivity index (χ1n) is 7.69. The van der Waals surface area contributed by atoms with Gasteiger partial charge in [-0.2, -0.15) is 5.26 Å². The fourth-order valence-electron chi connectivity index (χ4n) is 3.11. The van der Waals surface area contributed by atoms with Crippen LogP contribution in [0.4, 0.5) is 0 Å². The van der Waals surface area contributed by atoms with Crippen LogP contribution in [-0.2, 0) is 0 Å². The molecule has 0 saturated heterocycles. The van der Waals surface area contributed by atoms with Crippen LogP contribution in [0.1, 0.15) is 17.0 Å². The SMILES string of the molecule is N#CC1=C(N)Oc2n[nH]c(-c3ccccc3)c2C1c1cccc(O)c1. The molecule has 6 nitrogen and oxygen atoms in total. The molecule has 1 atom stereocenters. The van der Waals surface area contributed by atoms with E-state index in [0.29, 0.717) is 5.88 Å². The third-order valence-electron chi connectivity index (χ3n) is 4.20. The van der Waals surface area contributed by atoms with Gasteiger partial charge in [-0.1, -0.05) is 42.5 Å². The van der Waals surface area contributed by atoms with E-state index in [1.54, 1.807) is 18.2 Å². The van der Waals surface area contributed by atoms with Gasteiger partial charge in [0.1, 0.15) is 17.4 Å². The summed E-state index contributed by atoms with van der Waals surface area (Å²) in [5.41, 5.74) is 9.36. The number of benzene rings is 2. The Hall–Kier alpha value is -3.72. The summed E-state index contributed by atoms with van der Waals surface area (Å²) in [4.78, 5) is 0. The normalized spacial score (nSPS) is 16.0. The van der Waals surface area contributed by atoms with Gasteiger partial charge in [0, 0.05) is 0 Å². The summed E-state index contributed by atoms with van der Waals surface area (Å²) in [5, 5.41) is 26.7. The van der Waals surface area contributed by atoms with Crippen molar-refractivity contribution in [3.63, 3.8) is 0 Å². The average Bonchev–Trinajstić information content (AvgIpc) is 3.04. The Labute approximate surface area is 143 Å². The van der Waals surface area contributed by atoms with Crippen LogP contribution >= 0.6 is 0 Å². The zero-order valence-electron chi connectivity index (χ0n) is 13.1. The monoisotopic (exact) mass is 330 g/mol. The molecule has 0 saturated carbocycles. The highest BCUT2D eigenvalue weighted by atomic mass is 16.5. The number of allylic oxidation sites excluding steroid dienone is 1. The molecule has 1 aliphatic rings. The number of rotatable bonds is 2. The molecule has 0 aliphatic carbocycles. The van der Waals surface area contributed by atoms with E-state index in [-0.39, 0.29) is 17.2 Å². The fraction of sp³-hybridized carbons (Fsp3) is 0.0526. The maximum atomic E-state index is 9.87. The van der Waals surface area contributed by atoms with Crippen molar-refractivity contribution in [2.75, 3.05) is 0 Å². The molecule has 0 amide bonds. The lowest BCUT2D eigenvalue weighted by Crippen LogP contribution is -2.20. The van der Waals surface area contributed by atoms with Crippen molar-refractivity contribution in [1.82, 2.24) is 10.2 Å². The number of fused-ring (bicyclic) bond motifs is 1. The van der Waals surface area contributed by atoms with E-state index in [1.165, 1.54) is 0 Å². The minimum absolute atomic E-state index is 0.0226. The van der Waals surface area contributed by atoms with Crippen LogP contribution in [-0.4, -0.2) is 15.3 Å². The molecule has 25 heavy (non-hydrogen) atoms. The maximum Gasteiger partial charge on any atom is 0.244 e. The molecular weight excluding hydrogens is 316 g/mol. The summed E-state index contributed by atoms with van der Waals surface area (Å²) < 4.78 is 5.55. The number of hydrogen-bond acceptors (Lipinski definition) is 5. The Morgan fingerprint density at radius 2 is 1.96 bits per heavy atom. The van der Waals surface area contributed by atoms with Crippen LogP contribution in [0.2, 0.25) is 0 Å². The lowest BCUT2D eigenvalue weighted by Gasteiger charge is -2.24. The standard InChI is InChI=1S/C19H14N4O2/c20-10-14-15(12-7-4-8-13(24)9-12)16-17(11-5-2-1-3-6-11)22-23-19(16)25-18(14)21/h1-9,15,24H,21H2,(H,22,23). The number of aromatic amines is 1. The van der Waals surface area contributed by atoms with Gasteiger partial charge in [-0.3, -0.25) is 5.10 Å². The number of nitrogens with one attached hydrogen (secondary N) is 1. The van der Waals surface area contributed by atoms with Crippen LogP contribution in [0.3, 0.4) is 0 Å². The van der Waals surface area contributed by atoms with Crippen LogP contribution in [0.15, 0.2) is 66.1 Å². The lowest BCUT2D eigenvalue weighted by atomic mass is 9.83. The fourth-order valence-corrected chi connectivity index (χ4v) is 3.11. The predicted octanol–water partition coefficient (Wildman–Crippen LogP) is 3.00. The van der Waals surface area contributed by atoms with E-state index in [1.807, 2.05) is 36.4 Å². The number of nitrogens with two attached hydrogens (primary N) is 1. The molecule has 3 aromatic rings. The Morgan fingerprint density at radius 3 is 2.68 bits per heavy atom. The number of phenolic OH excluding ortho intramolecular Hbond substituents is 1. The summed E-state index contributed by atoms with van der Waals surface area (Å²) in [6, 6.07) is 18.6. The summed E-state index contributed by atoms with van der Waals surface area (Å²) in [7, 11) is 0. The molecule has 4 N–H and O–H groups in total. The first kappa shape index (κ1) is 14.8. The van der Waals surface area contributed by atoms with Crippen molar-refractivity contribution in [3.05, 3.63) is 77.2 Å². The number of aromatic hydroxyl groups is 1. The number of hydrogen-bond donors (Lipinski definition) is 3. The summed E-state index contributed by atoms with van der Waals surface area (Å²) in [5.74, 6) is -0.000819.